The van der Waals surface area contributed by atoms with Crippen LogP contribution < -0.4 is 16.0 Å². The standard InChI is InChI=1S/C45H31N3O2S/c1-2-9-26(10-3-1)43-46-44(29-19-22-41-36(24-29)32-12-5-7-16-40(32)51-41)48-45(47-43)34-14-8-13-33-31-20-17-28(25-39(31)50-42(33)34)27-18-21-38-35(23-27)30-11-4-6-15-37(30)49-38/h1-25,43-48H. The van der Waals surface area contributed by atoms with Crippen LogP contribution in [0.2, 0.25) is 0 Å². The molecule has 0 saturated carbocycles. The zero-order valence-electron chi connectivity index (χ0n) is 27.4. The molecule has 1 aliphatic rings. The second kappa shape index (κ2) is 11.4. The molecule has 6 heteroatoms. The molecule has 3 unspecified atom stereocenters. The molecule has 5 nitrogen and oxygen atoms in total. The van der Waals surface area contributed by atoms with Gasteiger partial charge in [0.25, 0.3) is 0 Å². The van der Waals surface area contributed by atoms with E-state index in [-0.39, 0.29) is 18.5 Å². The van der Waals surface area contributed by atoms with Crippen molar-refractivity contribution in [2.24, 2.45) is 0 Å². The molecular weight excluding hydrogens is 647 g/mol. The maximum atomic E-state index is 6.80. The van der Waals surface area contributed by atoms with E-state index in [2.05, 4.69) is 155 Å². The highest BCUT2D eigenvalue weighted by Gasteiger charge is 2.31. The molecule has 0 bridgehead atoms. The number of fused-ring (bicyclic) bond motifs is 9. The maximum Gasteiger partial charge on any atom is 0.141 e. The maximum absolute atomic E-state index is 6.80. The van der Waals surface area contributed by atoms with Crippen molar-refractivity contribution in [3.8, 4) is 11.1 Å². The first kappa shape index (κ1) is 29.0. The van der Waals surface area contributed by atoms with Crippen molar-refractivity contribution in [2.45, 2.75) is 18.5 Å². The lowest BCUT2D eigenvalue weighted by Crippen LogP contribution is -2.54. The van der Waals surface area contributed by atoms with Gasteiger partial charge in [0, 0.05) is 47.3 Å². The molecule has 1 fully saturated rings. The minimum atomic E-state index is -0.183. The Morgan fingerprint density at radius 3 is 2.00 bits per heavy atom. The zero-order chi connectivity index (χ0) is 33.5. The Morgan fingerprint density at radius 1 is 0.392 bits per heavy atom. The summed E-state index contributed by atoms with van der Waals surface area (Å²) in [5, 5.41) is 18.7. The van der Waals surface area contributed by atoms with E-state index in [0.717, 1.165) is 60.6 Å². The molecule has 10 aromatic rings. The Bertz CT molecular complexity index is 2940. The SMILES string of the molecule is c1ccc(C2NC(c3ccc4sc5ccccc5c4c3)NC(c3cccc4c3oc3cc(-c5ccc6oc7ccccc7c6c5)ccc34)N2)cc1. The summed E-state index contributed by atoms with van der Waals surface area (Å²) in [6, 6.07) is 53.8. The van der Waals surface area contributed by atoms with E-state index in [1.807, 2.05) is 23.5 Å². The van der Waals surface area contributed by atoms with E-state index in [4.69, 9.17) is 8.83 Å². The van der Waals surface area contributed by atoms with Gasteiger partial charge in [-0.1, -0.05) is 103 Å². The third-order valence-electron chi connectivity index (χ3n) is 10.4. The second-order valence-corrected chi connectivity index (χ2v) is 14.5. The number of para-hydroxylation sites is 2. The lowest BCUT2D eigenvalue weighted by atomic mass is 10.00. The van der Waals surface area contributed by atoms with Crippen molar-refractivity contribution < 1.29 is 8.83 Å². The van der Waals surface area contributed by atoms with Crippen LogP contribution in [0.5, 0.6) is 0 Å². The fourth-order valence-corrected chi connectivity index (χ4v) is 9.00. The molecule has 0 aliphatic carbocycles. The Hall–Kier alpha value is -5.76. The molecule has 3 aromatic heterocycles. The minimum absolute atomic E-state index is 0.0856. The first-order valence-electron chi connectivity index (χ1n) is 17.3. The minimum Gasteiger partial charge on any atom is -0.456 e. The summed E-state index contributed by atoms with van der Waals surface area (Å²) in [7, 11) is 0. The van der Waals surface area contributed by atoms with Crippen molar-refractivity contribution in [1.29, 1.82) is 0 Å². The molecule has 7 aromatic carbocycles. The average Bonchev–Trinajstić information content (AvgIpc) is 3.88. The monoisotopic (exact) mass is 677 g/mol. The largest absolute Gasteiger partial charge is 0.456 e. The quantitative estimate of drug-likeness (QED) is 0.173. The van der Waals surface area contributed by atoms with Crippen LogP contribution in [-0.2, 0) is 0 Å². The lowest BCUT2D eigenvalue weighted by Gasteiger charge is -2.39. The molecule has 51 heavy (non-hydrogen) atoms. The van der Waals surface area contributed by atoms with Crippen LogP contribution in [0.25, 0.3) is 75.2 Å². The van der Waals surface area contributed by atoms with E-state index in [9.17, 15) is 0 Å². The predicted octanol–water partition coefficient (Wildman–Crippen LogP) is 11.7. The summed E-state index contributed by atoms with van der Waals surface area (Å²) in [6.45, 7) is 0. The number of nitrogens with one attached hydrogen (secondary N) is 3. The molecule has 3 atom stereocenters. The van der Waals surface area contributed by atoms with Gasteiger partial charge < -0.3 is 8.83 Å². The van der Waals surface area contributed by atoms with E-state index in [0.29, 0.717) is 0 Å². The van der Waals surface area contributed by atoms with E-state index >= 15 is 0 Å². The third kappa shape index (κ3) is 4.73. The Balaban J connectivity index is 1.00. The molecule has 244 valence electrons. The summed E-state index contributed by atoms with van der Waals surface area (Å²) in [5.74, 6) is 0. The van der Waals surface area contributed by atoms with Crippen LogP contribution in [0, 0.1) is 0 Å². The van der Waals surface area contributed by atoms with Crippen LogP contribution in [0.3, 0.4) is 0 Å². The molecule has 3 N–H and O–H groups in total. The normalized spacial score (nSPS) is 18.2. The summed E-state index contributed by atoms with van der Waals surface area (Å²) >= 11 is 1.85. The Morgan fingerprint density at radius 2 is 1.08 bits per heavy atom. The second-order valence-electron chi connectivity index (χ2n) is 13.4. The first-order chi connectivity index (χ1) is 25.2. The van der Waals surface area contributed by atoms with Crippen LogP contribution in [0.15, 0.2) is 160 Å². The van der Waals surface area contributed by atoms with Crippen molar-refractivity contribution >= 4 is 75.4 Å². The fraction of sp³-hybridized carbons (Fsp3) is 0.0667. The van der Waals surface area contributed by atoms with Crippen LogP contribution in [-0.4, -0.2) is 0 Å². The number of furan rings is 2. The number of rotatable bonds is 4. The van der Waals surface area contributed by atoms with Crippen molar-refractivity contribution in [1.82, 2.24) is 16.0 Å². The van der Waals surface area contributed by atoms with E-state index in [1.54, 1.807) is 0 Å². The van der Waals surface area contributed by atoms with Gasteiger partial charge in [-0.05, 0) is 70.8 Å². The highest BCUT2D eigenvalue weighted by atomic mass is 32.1. The summed E-state index contributed by atoms with van der Waals surface area (Å²) in [5.41, 5.74) is 9.24. The summed E-state index contributed by atoms with van der Waals surface area (Å²) in [4.78, 5) is 0. The summed E-state index contributed by atoms with van der Waals surface area (Å²) in [6.07, 6.45) is -0.376. The molecule has 0 spiro atoms. The van der Waals surface area contributed by atoms with Crippen molar-refractivity contribution in [3.05, 3.63) is 168 Å². The highest BCUT2D eigenvalue weighted by molar-refractivity contribution is 7.25. The van der Waals surface area contributed by atoms with Crippen LogP contribution in [0.4, 0.5) is 0 Å². The van der Waals surface area contributed by atoms with Gasteiger partial charge in [-0.15, -0.1) is 11.3 Å². The highest BCUT2D eigenvalue weighted by Crippen LogP contribution is 2.40. The van der Waals surface area contributed by atoms with Gasteiger partial charge in [-0.25, -0.2) is 0 Å². The Labute approximate surface area is 297 Å². The Kier molecular flexibility index (Phi) is 6.48. The van der Waals surface area contributed by atoms with Gasteiger partial charge in [-0.2, -0.15) is 0 Å². The van der Waals surface area contributed by atoms with E-state index < -0.39 is 0 Å². The lowest BCUT2D eigenvalue weighted by molar-refractivity contribution is 0.203. The molecule has 0 radical (unpaired) electrons. The first-order valence-corrected chi connectivity index (χ1v) is 18.2. The average molecular weight is 678 g/mol. The van der Waals surface area contributed by atoms with Gasteiger partial charge in [0.05, 0.1) is 18.5 Å². The number of benzene rings is 7. The molecule has 1 aliphatic heterocycles. The fourth-order valence-electron chi connectivity index (χ4n) is 7.91. The third-order valence-corrected chi connectivity index (χ3v) is 11.6. The predicted molar refractivity (Wildman–Crippen MR) is 210 cm³/mol. The van der Waals surface area contributed by atoms with Crippen LogP contribution >= 0.6 is 11.3 Å². The number of hydrogen-bond acceptors (Lipinski definition) is 6. The van der Waals surface area contributed by atoms with Gasteiger partial charge in [-0.3, -0.25) is 16.0 Å². The smallest absolute Gasteiger partial charge is 0.141 e. The molecule has 0 amide bonds. The summed E-state index contributed by atoms with van der Waals surface area (Å²) < 4.78 is 15.5. The molecular formula is C45H31N3O2S. The van der Waals surface area contributed by atoms with Gasteiger partial charge >= 0.3 is 0 Å². The topological polar surface area (TPSA) is 62.4 Å². The van der Waals surface area contributed by atoms with Gasteiger partial charge in [0.1, 0.15) is 22.3 Å². The molecule has 4 heterocycles. The van der Waals surface area contributed by atoms with Gasteiger partial charge in [0.2, 0.25) is 0 Å². The van der Waals surface area contributed by atoms with Crippen molar-refractivity contribution in [2.75, 3.05) is 0 Å². The van der Waals surface area contributed by atoms with Crippen molar-refractivity contribution in [3.63, 3.8) is 0 Å². The van der Waals surface area contributed by atoms with Crippen LogP contribution in [0.1, 0.15) is 35.2 Å². The van der Waals surface area contributed by atoms with E-state index in [1.165, 1.54) is 31.3 Å². The number of hydrogen-bond donors (Lipinski definition) is 3. The molecule has 11 rings (SSSR count). The molecule has 1 saturated heterocycles. The zero-order valence-corrected chi connectivity index (χ0v) is 28.2. The number of thiophene rings is 1. The van der Waals surface area contributed by atoms with Gasteiger partial charge in [0.15, 0.2) is 0 Å².